The van der Waals surface area contributed by atoms with Crippen LogP contribution in [0.15, 0.2) is 24.3 Å². The van der Waals surface area contributed by atoms with Crippen molar-refractivity contribution in [2.75, 3.05) is 13.2 Å². The molecule has 2 rings (SSSR count). The van der Waals surface area contributed by atoms with E-state index < -0.39 is 0 Å². The summed E-state index contributed by atoms with van der Waals surface area (Å²) in [6, 6.07) is 8.10. The Morgan fingerprint density at radius 2 is 0.745 bits per heavy atom. The quantitative estimate of drug-likeness (QED) is 0.156. The Kier molecular flexibility index (Phi) is 14.0. The van der Waals surface area contributed by atoms with Crippen LogP contribution < -0.4 is 0 Å². The second-order valence-corrected chi connectivity index (χ2v) is 17.3. The third-order valence-corrected chi connectivity index (χ3v) is 8.62. The lowest BCUT2D eigenvalue weighted by Crippen LogP contribution is -2.18. The first-order chi connectivity index (χ1) is 21.5. The van der Waals surface area contributed by atoms with E-state index in [1.807, 2.05) is 24.3 Å². The van der Waals surface area contributed by atoms with Gasteiger partial charge in [-0.1, -0.05) is 127 Å². The van der Waals surface area contributed by atoms with Crippen molar-refractivity contribution in [2.45, 2.75) is 163 Å². The molecule has 0 aliphatic rings. The second kappa shape index (κ2) is 16.4. The zero-order chi connectivity index (χ0) is 35.8. The Labute approximate surface area is 285 Å². The number of hydrogen-bond acceptors (Lipinski definition) is 6. The fraction of sp³-hybridized carbons (Fsp3) is 0.659. The molecule has 0 aromatic heterocycles. The zero-order valence-corrected chi connectivity index (χ0v) is 31.6. The van der Waals surface area contributed by atoms with Crippen molar-refractivity contribution in [3.05, 3.63) is 57.6 Å². The van der Waals surface area contributed by atoms with E-state index in [1.165, 1.54) is 0 Å². The van der Waals surface area contributed by atoms with Crippen LogP contribution in [0.2, 0.25) is 0 Å². The molecule has 0 amide bonds. The van der Waals surface area contributed by atoms with Crippen molar-refractivity contribution in [3.63, 3.8) is 0 Å². The fourth-order valence-corrected chi connectivity index (χ4v) is 5.71. The molecule has 0 bridgehead atoms. The number of carbonyl (C=O) groups excluding carboxylic acids is 2. The molecule has 0 radical (unpaired) electrons. The van der Waals surface area contributed by atoms with Gasteiger partial charge in [-0.2, -0.15) is 0 Å². The highest BCUT2D eigenvalue weighted by Gasteiger charge is 2.28. The molecule has 2 aromatic rings. The molecular weight excluding hydrogens is 588 g/mol. The summed E-state index contributed by atoms with van der Waals surface area (Å²) in [5.74, 6) is 0.307. The molecule has 0 unspecified atom stereocenters. The van der Waals surface area contributed by atoms with Crippen LogP contribution in [-0.4, -0.2) is 35.4 Å². The predicted molar refractivity (Wildman–Crippen MR) is 193 cm³/mol. The molecule has 47 heavy (non-hydrogen) atoms. The van der Waals surface area contributed by atoms with Crippen molar-refractivity contribution in [2.24, 2.45) is 0 Å². The van der Waals surface area contributed by atoms with Gasteiger partial charge in [0.15, 0.2) is 0 Å². The molecule has 0 atom stereocenters. The molecular formula is C41H64O6. The zero-order valence-electron chi connectivity index (χ0n) is 31.6. The summed E-state index contributed by atoms with van der Waals surface area (Å²) in [5.41, 5.74) is 4.88. The second-order valence-electron chi connectivity index (χ2n) is 17.3. The van der Waals surface area contributed by atoms with E-state index in [0.717, 1.165) is 65.5 Å². The molecule has 0 heterocycles. The van der Waals surface area contributed by atoms with Gasteiger partial charge in [-0.3, -0.25) is 9.59 Å². The molecule has 6 nitrogen and oxygen atoms in total. The lowest BCUT2D eigenvalue weighted by molar-refractivity contribution is -0.144. The topological polar surface area (TPSA) is 93.1 Å². The molecule has 0 saturated heterocycles. The van der Waals surface area contributed by atoms with Gasteiger partial charge >= 0.3 is 11.9 Å². The van der Waals surface area contributed by atoms with Crippen molar-refractivity contribution in [1.29, 1.82) is 0 Å². The molecule has 2 aromatic carbocycles. The highest BCUT2D eigenvalue weighted by Crippen LogP contribution is 2.41. The molecule has 0 saturated carbocycles. The summed E-state index contributed by atoms with van der Waals surface area (Å²) in [4.78, 5) is 24.9. The van der Waals surface area contributed by atoms with Crippen LogP contribution in [0.1, 0.15) is 161 Å². The van der Waals surface area contributed by atoms with Crippen molar-refractivity contribution >= 4 is 11.9 Å². The number of carbonyl (C=O) groups is 2. The van der Waals surface area contributed by atoms with Crippen LogP contribution in [0.5, 0.6) is 11.5 Å². The van der Waals surface area contributed by atoms with Gasteiger partial charge < -0.3 is 19.7 Å². The number of ether oxygens (including phenoxy) is 2. The SMILES string of the molecule is CC(C)(C)c1cc(CCC(=O)OCCCCCCCOC(=O)CCc2cc(C(C)(C)C)c(O)c(C(C)(C)C)c2)cc(C(C)(C)C)c1O. The molecule has 0 aliphatic carbocycles. The van der Waals surface area contributed by atoms with Gasteiger partial charge in [0.1, 0.15) is 11.5 Å². The van der Waals surface area contributed by atoms with E-state index >= 15 is 0 Å². The van der Waals surface area contributed by atoms with E-state index in [4.69, 9.17) is 9.47 Å². The number of aryl methyl sites for hydroxylation is 2. The summed E-state index contributed by atoms with van der Waals surface area (Å²) in [6.07, 6.45) is 6.30. The monoisotopic (exact) mass is 652 g/mol. The lowest BCUT2D eigenvalue weighted by atomic mass is 9.78. The summed E-state index contributed by atoms with van der Waals surface area (Å²) < 4.78 is 11.0. The summed E-state index contributed by atoms with van der Waals surface area (Å²) >= 11 is 0. The van der Waals surface area contributed by atoms with E-state index in [-0.39, 0.29) is 33.6 Å². The smallest absolute Gasteiger partial charge is 0.306 e. The van der Waals surface area contributed by atoms with Gasteiger partial charge in [0.2, 0.25) is 0 Å². The Hall–Kier alpha value is -3.02. The maximum absolute atomic E-state index is 12.4. The van der Waals surface area contributed by atoms with Gasteiger partial charge in [-0.15, -0.1) is 0 Å². The van der Waals surface area contributed by atoms with Gasteiger partial charge in [0.25, 0.3) is 0 Å². The number of benzene rings is 2. The van der Waals surface area contributed by atoms with Crippen molar-refractivity contribution in [1.82, 2.24) is 0 Å². The minimum absolute atomic E-state index is 0.198. The first kappa shape index (κ1) is 40.2. The molecule has 2 N–H and O–H groups in total. The maximum Gasteiger partial charge on any atom is 0.306 e. The lowest BCUT2D eigenvalue weighted by Gasteiger charge is -2.28. The maximum atomic E-state index is 12.4. The Balaban J connectivity index is 1.68. The highest BCUT2D eigenvalue weighted by molar-refractivity contribution is 5.70. The van der Waals surface area contributed by atoms with E-state index in [9.17, 15) is 19.8 Å². The number of phenolic OH excluding ortho intramolecular Hbond substituents is 2. The number of hydrogen-bond donors (Lipinski definition) is 2. The summed E-state index contributed by atoms with van der Waals surface area (Å²) in [7, 11) is 0. The van der Waals surface area contributed by atoms with Crippen molar-refractivity contribution < 1.29 is 29.3 Å². The van der Waals surface area contributed by atoms with Crippen molar-refractivity contribution in [3.8, 4) is 11.5 Å². The normalized spacial score (nSPS) is 12.7. The van der Waals surface area contributed by atoms with Crippen LogP contribution in [-0.2, 0) is 53.6 Å². The van der Waals surface area contributed by atoms with Crippen LogP contribution in [0.4, 0.5) is 0 Å². The number of esters is 2. The average molecular weight is 653 g/mol. The van der Waals surface area contributed by atoms with Crippen LogP contribution >= 0.6 is 0 Å². The standard InChI is InChI=1S/C41H64O6/c1-38(2,3)30-24-28(25-31(36(30)44)39(4,5)6)18-20-34(42)46-22-16-14-13-15-17-23-47-35(43)21-19-29-26-32(40(7,8)9)37(45)33(27-29)41(10,11)12/h24-27,44-45H,13-23H2,1-12H3. The third kappa shape index (κ3) is 12.8. The van der Waals surface area contributed by atoms with E-state index in [2.05, 4.69) is 83.1 Å². The third-order valence-electron chi connectivity index (χ3n) is 8.62. The Bertz CT molecular complexity index is 1170. The Morgan fingerprint density at radius 1 is 0.489 bits per heavy atom. The molecule has 264 valence electrons. The highest BCUT2D eigenvalue weighted by atomic mass is 16.5. The molecule has 0 spiro atoms. The number of unbranched alkanes of at least 4 members (excludes halogenated alkanes) is 4. The van der Waals surface area contributed by atoms with E-state index in [1.54, 1.807) is 0 Å². The van der Waals surface area contributed by atoms with Gasteiger partial charge in [0.05, 0.1) is 13.2 Å². The minimum Gasteiger partial charge on any atom is -0.507 e. The first-order valence-electron chi connectivity index (χ1n) is 17.6. The van der Waals surface area contributed by atoms with E-state index in [0.29, 0.717) is 50.4 Å². The average Bonchev–Trinajstić information content (AvgIpc) is 2.92. The predicted octanol–water partition coefficient (Wildman–Crippen LogP) is 9.89. The summed E-state index contributed by atoms with van der Waals surface area (Å²) in [6.45, 7) is 25.9. The van der Waals surface area contributed by atoms with Crippen LogP contribution in [0.3, 0.4) is 0 Å². The summed E-state index contributed by atoms with van der Waals surface area (Å²) in [5, 5.41) is 21.9. The van der Waals surface area contributed by atoms with Crippen LogP contribution in [0.25, 0.3) is 0 Å². The number of rotatable bonds is 14. The number of aromatic hydroxyl groups is 2. The van der Waals surface area contributed by atoms with Gasteiger partial charge in [0, 0.05) is 12.8 Å². The molecule has 6 heteroatoms. The van der Waals surface area contributed by atoms with Gasteiger partial charge in [-0.25, -0.2) is 0 Å². The molecule has 0 fully saturated rings. The van der Waals surface area contributed by atoms with Crippen LogP contribution in [0, 0.1) is 0 Å². The molecule has 0 aliphatic heterocycles. The minimum atomic E-state index is -0.204. The largest absolute Gasteiger partial charge is 0.507 e. The number of phenols is 2. The fourth-order valence-electron chi connectivity index (χ4n) is 5.71. The van der Waals surface area contributed by atoms with Gasteiger partial charge in [-0.05, 0) is 80.7 Å². The Morgan fingerprint density at radius 3 is 1.00 bits per heavy atom. The first-order valence-corrected chi connectivity index (χ1v) is 17.6.